The molecule has 0 unspecified atom stereocenters. The summed E-state index contributed by atoms with van der Waals surface area (Å²) in [6, 6.07) is 6.96. The molecule has 2 aromatic heterocycles. The third-order valence-electron chi connectivity index (χ3n) is 3.35. The van der Waals surface area contributed by atoms with Crippen LogP contribution >= 0.6 is 27.5 Å². The Bertz CT molecular complexity index is 872. The van der Waals surface area contributed by atoms with Gasteiger partial charge < -0.3 is 5.11 Å². The molecule has 0 aliphatic heterocycles. The average molecular weight is 381 g/mol. The van der Waals surface area contributed by atoms with E-state index in [0.29, 0.717) is 31.8 Å². The Morgan fingerprint density at radius 3 is 2.91 bits per heavy atom. The highest BCUT2D eigenvalue weighted by Crippen LogP contribution is 2.26. The molecule has 0 saturated carbocycles. The Hall–Kier alpha value is -1.76. The Morgan fingerprint density at radius 1 is 1.45 bits per heavy atom. The molecule has 1 N–H and O–H groups in total. The lowest BCUT2D eigenvalue weighted by Gasteiger charge is -2.08. The molecule has 112 valence electrons. The zero-order chi connectivity index (χ0) is 15.9. The van der Waals surface area contributed by atoms with Crippen LogP contribution < -0.4 is 0 Å². The van der Waals surface area contributed by atoms with Crippen molar-refractivity contribution in [2.75, 3.05) is 0 Å². The summed E-state index contributed by atoms with van der Waals surface area (Å²) in [5, 5.41) is 13.8. The fraction of sp³-hybridized carbons (Fsp3) is 0.133. The molecule has 3 rings (SSSR count). The first-order valence-electron chi connectivity index (χ1n) is 6.46. The van der Waals surface area contributed by atoms with E-state index in [9.17, 15) is 9.90 Å². The molecule has 0 aliphatic carbocycles. The Morgan fingerprint density at radius 2 is 2.23 bits per heavy atom. The van der Waals surface area contributed by atoms with E-state index in [1.165, 1.54) is 4.68 Å². The van der Waals surface area contributed by atoms with Crippen molar-refractivity contribution < 1.29 is 9.90 Å². The van der Waals surface area contributed by atoms with Gasteiger partial charge in [-0.1, -0.05) is 23.7 Å². The number of aromatic nitrogens is 3. The van der Waals surface area contributed by atoms with Gasteiger partial charge in [0.1, 0.15) is 5.52 Å². The van der Waals surface area contributed by atoms with Crippen molar-refractivity contribution >= 4 is 44.5 Å². The number of fused-ring (bicyclic) bond motifs is 1. The number of hydrogen-bond acceptors (Lipinski definition) is 4. The molecule has 0 fully saturated rings. The highest BCUT2D eigenvalue weighted by Gasteiger charge is 2.20. The van der Waals surface area contributed by atoms with Gasteiger partial charge in [-0.25, -0.2) is 0 Å². The minimum absolute atomic E-state index is 0.162. The molecular formula is C15H11BrClN3O2. The van der Waals surface area contributed by atoms with Crippen molar-refractivity contribution in [3.63, 3.8) is 0 Å². The number of pyridine rings is 1. The van der Waals surface area contributed by atoms with Crippen LogP contribution in [-0.2, 0) is 6.61 Å². The maximum absolute atomic E-state index is 12.8. The van der Waals surface area contributed by atoms with Crippen LogP contribution in [0.5, 0.6) is 0 Å². The quantitative estimate of drug-likeness (QED) is 0.740. The number of aryl methyl sites for hydroxylation is 1. The van der Waals surface area contributed by atoms with Gasteiger partial charge in [-0.15, -0.1) is 0 Å². The lowest BCUT2D eigenvalue weighted by atomic mass is 10.1. The molecule has 0 radical (unpaired) electrons. The maximum atomic E-state index is 12.8. The zero-order valence-electron chi connectivity index (χ0n) is 11.5. The molecule has 0 spiro atoms. The summed E-state index contributed by atoms with van der Waals surface area (Å²) in [4.78, 5) is 17.0. The van der Waals surface area contributed by atoms with Crippen LogP contribution in [0.4, 0.5) is 0 Å². The number of aliphatic hydroxyl groups is 1. The average Bonchev–Trinajstić information content (AvgIpc) is 2.83. The second-order valence-corrected chi connectivity index (χ2v) is 5.97. The van der Waals surface area contributed by atoms with Gasteiger partial charge >= 0.3 is 0 Å². The molecule has 22 heavy (non-hydrogen) atoms. The Kier molecular flexibility index (Phi) is 3.99. The molecular weight excluding hydrogens is 370 g/mol. The zero-order valence-corrected chi connectivity index (χ0v) is 13.9. The lowest BCUT2D eigenvalue weighted by molar-refractivity contribution is 0.0949. The van der Waals surface area contributed by atoms with Crippen LogP contribution in [0.3, 0.4) is 0 Å². The van der Waals surface area contributed by atoms with Crippen LogP contribution in [0.2, 0.25) is 5.02 Å². The van der Waals surface area contributed by atoms with E-state index in [-0.39, 0.29) is 12.5 Å². The topological polar surface area (TPSA) is 68.0 Å². The first-order chi connectivity index (χ1) is 10.5. The van der Waals surface area contributed by atoms with Gasteiger partial charge in [0.05, 0.1) is 22.7 Å². The molecule has 7 heteroatoms. The predicted molar refractivity (Wildman–Crippen MR) is 87.1 cm³/mol. The number of hydrogen-bond donors (Lipinski definition) is 1. The minimum atomic E-state index is -0.337. The van der Waals surface area contributed by atoms with Gasteiger partial charge in [-0.2, -0.15) is 9.78 Å². The summed E-state index contributed by atoms with van der Waals surface area (Å²) >= 11 is 9.46. The van der Waals surface area contributed by atoms with Crippen molar-refractivity contribution in [3.8, 4) is 0 Å². The molecule has 2 heterocycles. The molecule has 0 saturated heterocycles. The summed E-state index contributed by atoms with van der Waals surface area (Å²) in [6.07, 6.45) is 1.55. The van der Waals surface area contributed by atoms with Crippen LogP contribution in [0, 0.1) is 6.92 Å². The standard InChI is InChI=1S/C15H11BrClN3O2/c1-8-3-2-4-10(17)12(8)15(22)20-11-5-9(7-21)6-18-13(11)14(16)19-20/h2-6,21H,7H2,1H3. The van der Waals surface area contributed by atoms with Gasteiger partial charge in [0.25, 0.3) is 5.91 Å². The highest BCUT2D eigenvalue weighted by atomic mass is 79.9. The molecule has 0 bridgehead atoms. The predicted octanol–water partition coefficient (Wildman–Crippen LogP) is 3.34. The van der Waals surface area contributed by atoms with Crippen molar-refractivity contribution in [2.24, 2.45) is 0 Å². The number of aliphatic hydroxyl groups excluding tert-OH is 1. The van der Waals surface area contributed by atoms with Gasteiger partial charge in [-0.05, 0) is 46.1 Å². The van der Waals surface area contributed by atoms with E-state index in [1.54, 1.807) is 24.4 Å². The molecule has 3 aromatic rings. The molecule has 0 aliphatic rings. The SMILES string of the molecule is Cc1cccc(Cl)c1C(=O)n1nc(Br)c2ncc(CO)cc21. The normalized spacial score (nSPS) is 11.1. The molecule has 0 amide bonds. The van der Waals surface area contributed by atoms with E-state index in [0.717, 1.165) is 5.56 Å². The molecule has 1 aromatic carbocycles. The first kappa shape index (κ1) is 15.1. The number of benzene rings is 1. The lowest BCUT2D eigenvalue weighted by Crippen LogP contribution is -2.15. The van der Waals surface area contributed by atoms with Gasteiger partial charge in [0.2, 0.25) is 0 Å². The van der Waals surface area contributed by atoms with Gasteiger partial charge in [0, 0.05) is 6.20 Å². The number of carbonyl (C=O) groups excluding carboxylic acids is 1. The minimum Gasteiger partial charge on any atom is -0.392 e. The van der Waals surface area contributed by atoms with Crippen LogP contribution in [0.15, 0.2) is 35.1 Å². The smallest absolute Gasteiger partial charge is 0.280 e. The summed E-state index contributed by atoms with van der Waals surface area (Å²) in [6.45, 7) is 1.66. The Labute approximate surface area is 139 Å². The Balaban J connectivity index is 2.23. The summed E-state index contributed by atoms with van der Waals surface area (Å²) in [5.74, 6) is -0.337. The number of rotatable bonds is 2. The fourth-order valence-corrected chi connectivity index (χ4v) is 3.02. The molecule has 0 atom stereocenters. The third-order valence-corrected chi connectivity index (χ3v) is 4.20. The highest BCUT2D eigenvalue weighted by molar-refractivity contribution is 9.10. The monoisotopic (exact) mass is 379 g/mol. The fourth-order valence-electron chi connectivity index (χ4n) is 2.25. The summed E-state index contributed by atoms with van der Waals surface area (Å²) in [7, 11) is 0. The number of nitrogens with zero attached hydrogens (tertiary/aromatic N) is 3. The van der Waals surface area contributed by atoms with Crippen molar-refractivity contribution in [1.29, 1.82) is 0 Å². The van der Waals surface area contributed by atoms with Crippen LogP contribution in [0.25, 0.3) is 11.0 Å². The van der Waals surface area contributed by atoms with E-state index in [2.05, 4.69) is 26.0 Å². The second kappa shape index (κ2) is 5.79. The summed E-state index contributed by atoms with van der Waals surface area (Å²) < 4.78 is 1.71. The largest absolute Gasteiger partial charge is 0.392 e. The van der Waals surface area contributed by atoms with Crippen molar-refractivity contribution in [3.05, 3.63) is 56.8 Å². The van der Waals surface area contributed by atoms with E-state index < -0.39 is 0 Å². The van der Waals surface area contributed by atoms with Crippen molar-refractivity contribution in [1.82, 2.24) is 14.8 Å². The summed E-state index contributed by atoms with van der Waals surface area (Å²) in [5.41, 5.74) is 2.84. The number of carbonyl (C=O) groups is 1. The maximum Gasteiger partial charge on any atom is 0.280 e. The first-order valence-corrected chi connectivity index (χ1v) is 7.64. The van der Waals surface area contributed by atoms with E-state index in [4.69, 9.17) is 11.6 Å². The third kappa shape index (κ3) is 2.43. The van der Waals surface area contributed by atoms with E-state index >= 15 is 0 Å². The second-order valence-electron chi connectivity index (χ2n) is 4.81. The van der Waals surface area contributed by atoms with Gasteiger partial charge in [-0.3, -0.25) is 9.78 Å². The van der Waals surface area contributed by atoms with E-state index in [1.807, 2.05) is 13.0 Å². The van der Waals surface area contributed by atoms with Gasteiger partial charge in [0.15, 0.2) is 4.60 Å². The van der Waals surface area contributed by atoms with Crippen LogP contribution in [-0.4, -0.2) is 25.8 Å². The van der Waals surface area contributed by atoms with Crippen molar-refractivity contribution in [2.45, 2.75) is 13.5 Å². The number of halogens is 2. The van der Waals surface area contributed by atoms with Crippen LogP contribution in [0.1, 0.15) is 21.5 Å². The molecule has 5 nitrogen and oxygen atoms in total.